The molecule has 2 aromatic heterocycles. The zero-order valence-electron chi connectivity index (χ0n) is 11.0. The Balaban J connectivity index is 2.13. The first-order chi connectivity index (χ1) is 8.81. The van der Waals surface area contributed by atoms with Gasteiger partial charge in [0.2, 0.25) is 0 Å². The van der Waals surface area contributed by atoms with Gasteiger partial charge >= 0.3 is 0 Å². The molecule has 0 spiro atoms. The standard InChI is InChI=1S/C15H20N2O/c1-3-7-17-15(14-6-10-18-12(14)2)11-13-4-8-16-9-5-13/h4-6,8-10,15,17H,3,7,11H2,1-2H3. The largest absolute Gasteiger partial charge is 0.469 e. The fourth-order valence-electron chi connectivity index (χ4n) is 2.12. The number of rotatable bonds is 6. The summed E-state index contributed by atoms with van der Waals surface area (Å²) in [5.41, 5.74) is 2.54. The molecule has 0 aromatic carbocycles. The van der Waals surface area contributed by atoms with Crippen LogP contribution in [0.3, 0.4) is 0 Å². The van der Waals surface area contributed by atoms with Crippen LogP contribution in [0.2, 0.25) is 0 Å². The topological polar surface area (TPSA) is 38.1 Å². The molecule has 0 aliphatic heterocycles. The van der Waals surface area contributed by atoms with E-state index in [0.717, 1.165) is 25.1 Å². The molecule has 3 heteroatoms. The van der Waals surface area contributed by atoms with Crippen LogP contribution in [-0.2, 0) is 6.42 Å². The second-order valence-electron chi connectivity index (χ2n) is 4.50. The minimum Gasteiger partial charge on any atom is -0.469 e. The predicted molar refractivity (Wildman–Crippen MR) is 72.4 cm³/mol. The second kappa shape index (κ2) is 6.36. The van der Waals surface area contributed by atoms with Gasteiger partial charge in [-0.15, -0.1) is 0 Å². The number of hydrogen-bond donors (Lipinski definition) is 1. The molecular weight excluding hydrogens is 224 g/mol. The summed E-state index contributed by atoms with van der Waals surface area (Å²) in [5, 5.41) is 3.58. The van der Waals surface area contributed by atoms with Crippen molar-refractivity contribution in [3.05, 3.63) is 53.7 Å². The van der Waals surface area contributed by atoms with Crippen molar-refractivity contribution in [3.63, 3.8) is 0 Å². The van der Waals surface area contributed by atoms with E-state index in [1.54, 1.807) is 6.26 Å². The Kier molecular flexibility index (Phi) is 4.53. The summed E-state index contributed by atoms with van der Waals surface area (Å²) in [5.74, 6) is 0.998. The van der Waals surface area contributed by atoms with Crippen molar-refractivity contribution in [1.82, 2.24) is 10.3 Å². The molecule has 0 aliphatic rings. The van der Waals surface area contributed by atoms with E-state index in [0.29, 0.717) is 6.04 Å². The number of nitrogens with zero attached hydrogens (tertiary/aromatic N) is 1. The SMILES string of the molecule is CCCNC(Cc1ccncc1)c1ccoc1C. The molecular formula is C15H20N2O. The van der Waals surface area contributed by atoms with E-state index in [1.807, 2.05) is 19.3 Å². The highest BCUT2D eigenvalue weighted by Crippen LogP contribution is 2.22. The van der Waals surface area contributed by atoms with Crippen molar-refractivity contribution in [2.75, 3.05) is 6.54 Å². The van der Waals surface area contributed by atoms with Gasteiger partial charge in [-0.3, -0.25) is 4.98 Å². The first kappa shape index (κ1) is 12.8. The van der Waals surface area contributed by atoms with Gasteiger partial charge in [0.05, 0.1) is 6.26 Å². The van der Waals surface area contributed by atoms with Gasteiger partial charge in [0.1, 0.15) is 5.76 Å². The third kappa shape index (κ3) is 3.20. The van der Waals surface area contributed by atoms with Gasteiger partial charge in [-0.25, -0.2) is 0 Å². The van der Waals surface area contributed by atoms with E-state index >= 15 is 0 Å². The molecule has 1 unspecified atom stereocenters. The monoisotopic (exact) mass is 244 g/mol. The molecule has 2 aromatic rings. The van der Waals surface area contributed by atoms with Gasteiger partial charge < -0.3 is 9.73 Å². The molecule has 2 rings (SSSR count). The van der Waals surface area contributed by atoms with Crippen LogP contribution in [0, 0.1) is 6.92 Å². The molecule has 0 fully saturated rings. The van der Waals surface area contributed by atoms with Crippen molar-refractivity contribution in [2.45, 2.75) is 32.7 Å². The van der Waals surface area contributed by atoms with Gasteiger partial charge in [-0.1, -0.05) is 6.92 Å². The first-order valence-corrected chi connectivity index (χ1v) is 6.47. The van der Waals surface area contributed by atoms with E-state index in [-0.39, 0.29) is 0 Å². The van der Waals surface area contributed by atoms with Crippen LogP contribution < -0.4 is 5.32 Å². The minimum atomic E-state index is 0.311. The van der Waals surface area contributed by atoms with Crippen LogP contribution >= 0.6 is 0 Å². The molecule has 0 bridgehead atoms. The molecule has 0 amide bonds. The van der Waals surface area contributed by atoms with Crippen LogP contribution in [-0.4, -0.2) is 11.5 Å². The maximum Gasteiger partial charge on any atom is 0.105 e. The molecule has 2 heterocycles. The summed E-state index contributed by atoms with van der Waals surface area (Å²) in [4.78, 5) is 4.06. The van der Waals surface area contributed by atoms with E-state index in [9.17, 15) is 0 Å². The van der Waals surface area contributed by atoms with Gasteiger partial charge in [0.15, 0.2) is 0 Å². The highest BCUT2D eigenvalue weighted by atomic mass is 16.3. The quantitative estimate of drug-likeness (QED) is 0.847. The Hall–Kier alpha value is -1.61. The van der Waals surface area contributed by atoms with Gasteiger partial charge in [-0.05, 0) is 50.1 Å². The average Bonchev–Trinajstić information content (AvgIpc) is 2.82. The summed E-state index contributed by atoms with van der Waals surface area (Å²) in [6.45, 7) is 5.21. The summed E-state index contributed by atoms with van der Waals surface area (Å²) in [7, 11) is 0. The Morgan fingerprint density at radius 1 is 1.28 bits per heavy atom. The fourth-order valence-corrected chi connectivity index (χ4v) is 2.12. The number of nitrogens with one attached hydrogen (secondary N) is 1. The normalized spacial score (nSPS) is 12.6. The van der Waals surface area contributed by atoms with Crippen molar-refractivity contribution in [2.24, 2.45) is 0 Å². The number of furan rings is 1. The molecule has 0 saturated carbocycles. The summed E-state index contributed by atoms with van der Waals surface area (Å²) in [6.07, 6.45) is 7.54. The molecule has 0 aliphatic carbocycles. The van der Waals surface area contributed by atoms with E-state index < -0.39 is 0 Å². The summed E-state index contributed by atoms with van der Waals surface area (Å²) in [6, 6.07) is 6.50. The summed E-state index contributed by atoms with van der Waals surface area (Å²) < 4.78 is 5.41. The third-order valence-corrected chi connectivity index (χ3v) is 3.10. The van der Waals surface area contributed by atoms with Gasteiger partial charge in [-0.2, -0.15) is 0 Å². The lowest BCUT2D eigenvalue weighted by atomic mass is 10.00. The Morgan fingerprint density at radius 3 is 2.67 bits per heavy atom. The van der Waals surface area contributed by atoms with Crippen LogP contribution in [0.15, 0.2) is 41.3 Å². The Labute approximate surface area is 108 Å². The van der Waals surface area contributed by atoms with Crippen molar-refractivity contribution in [1.29, 1.82) is 0 Å². The molecule has 0 saturated heterocycles. The van der Waals surface area contributed by atoms with Crippen molar-refractivity contribution in [3.8, 4) is 0 Å². The molecule has 3 nitrogen and oxygen atoms in total. The number of pyridine rings is 1. The molecule has 1 N–H and O–H groups in total. The Bertz CT molecular complexity index is 464. The number of hydrogen-bond acceptors (Lipinski definition) is 3. The smallest absolute Gasteiger partial charge is 0.105 e. The van der Waals surface area contributed by atoms with Crippen LogP contribution in [0.25, 0.3) is 0 Å². The second-order valence-corrected chi connectivity index (χ2v) is 4.50. The van der Waals surface area contributed by atoms with Crippen molar-refractivity contribution < 1.29 is 4.42 Å². The molecule has 0 radical (unpaired) electrons. The van der Waals surface area contributed by atoms with Crippen LogP contribution in [0.1, 0.15) is 36.3 Å². The maximum absolute atomic E-state index is 5.41. The molecule has 96 valence electrons. The Morgan fingerprint density at radius 2 is 2.06 bits per heavy atom. The minimum absolute atomic E-state index is 0.311. The van der Waals surface area contributed by atoms with E-state index in [4.69, 9.17) is 4.42 Å². The van der Waals surface area contributed by atoms with Crippen LogP contribution in [0.5, 0.6) is 0 Å². The van der Waals surface area contributed by atoms with Gasteiger partial charge in [0.25, 0.3) is 0 Å². The maximum atomic E-state index is 5.41. The number of aromatic nitrogens is 1. The number of aryl methyl sites for hydroxylation is 1. The van der Waals surface area contributed by atoms with Crippen LogP contribution in [0.4, 0.5) is 0 Å². The van der Waals surface area contributed by atoms with Gasteiger partial charge in [0, 0.05) is 24.0 Å². The zero-order chi connectivity index (χ0) is 12.8. The molecule has 18 heavy (non-hydrogen) atoms. The predicted octanol–water partition coefficient (Wildman–Crippen LogP) is 3.27. The highest BCUT2D eigenvalue weighted by Gasteiger charge is 2.15. The first-order valence-electron chi connectivity index (χ1n) is 6.47. The lowest BCUT2D eigenvalue weighted by Gasteiger charge is -2.18. The van der Waals surface area contributed by atoms with E-state index in [2.05, 4.69) is 35.4 Å². The molecule has 1 atom stereocenters. The summed E-state index contributed by atoms with van der Waals surface area (Å²) >= 11 is 0. The van der Waals surface area contributed by atoms with E-state index in [1.165, 1.54) is 11.1 Å². The highest BCUT2D eigenvalue weighted by molar-refractivity contribution is 5.23. The zero-order valence-corrected chi connectivity index (χ0v) is 11.0. The van der Waals surface area contributed by atoms with Crippen molar-refractivity contribution >= 4 is 0 Å². The third-order valence-electron chi connectivity index (χ3n) is 3.10. The lowest BCUT2D eigenvalue weighted by Crippen LogP contribution is -2.24. The average molecular weight is 244 g/mol. The lowest BCUT2D eigenvalue weighted by molar-refractivity contribution is 0.494. The fraction of sp³-hybridized carbons (Fsp3) is 0.400.